The van der Waals surface area contributed by atoms with Gasteiger partial charge in [0.05, 0.1) is 15.9 Å². The SMILES string of the molecule is S=C(NCCc1cnccn1)Nc1nc2ccccc2s1. The lowest BCUT2D eigenvalue weighted by molar-refractivity contribution is 0.839. The number of rotatable bonds is 4. The van der Waals surface area contributed by atoms with Crippen molar-refractivity contribution in [2.45, 2.75) is 6.42 Å². The highest BCUT2D eigenvalue weighted by Gasteiger charge is 2.04. The second-order valence-corrected chi connectivity index (χ2v) is 5.75. The zero-order chi connectivity index (χ0) is 14.5. The summed E-state index contributed by atoms with van der Waals surface area (Å²) in [5, 5.41) is 7.62. The van der Waals surface area contributed by atoms with Gasteiger partial charge in [0.1, 0.15) is 0 Å². The van der Waals surface area contributed by atoms with Crippen molar-refractivity contribution in [3.63, 3.8) is 0 Å². The Morgan fingerprint density at radius 2 is 2.14 bits per heavy atom. The number of para-hydroxylation sites is 1. The monoisotopic (exact) mass is 315 g/mol. The Morgan fingerprint density at radius 1 is 1.24 bits per heavy atom. The largest absolute Gasteiger partial charge is 0.362 e. The second-order valence-electron chi connectivity index (χ2n) is 4.31. The number of aromatic nitrogens is 3. The molecule has 0 aliphatic carbocycles. The van der Waals surface area contributed by atoms with E-state index in [1.54, 1.807) is 29.9 Å². The molecule has 0 unspecified atom stereocenters. The fourth-order valence-electron chi connectivity index (χ4n) is 1.83. The first-order valence-electron chi connectivity index (χ1n) is 6.46. The summed E-state index contributed by atoms with van der Waals surface area (Å²) in [5.41, 5.74) is 1.92. The standard InChI is InChI=1S/C14H13N5S2/c20-13(17-6-5-10-9-15-7-8-16-10)19-14-18-11-3-1-2-4-12(11)21-14/h1-4,7-9H,5-6H2,(H2,17,18,19,20). The van der Waals surface area contributed by atoms with Gasteiger partial charge in [-0.15, -0.1) is 0 Å². The minimum atomic E-state index is 0.568. The first kappa shape index (κ1) is 13.8. The number of thiazole rings is 1. The van der Waals surface area contributed by atoms with Crippen LogP contribution >= 0.6 is 23.6 Å². The molecule has 0 saturated carbocycles. The fourth-order valence-corrected chi connectivity index (χ4v) is 2.96. The van der Waals surface area contributed by atoms with Crippen molar-refractivity contribution in [2.24, 2.45) is 0 Å². The van der Waals surface area contributed by atoms with E-state index < -0.39 is 0 Å². The van der Waals surface area contributed by atoms with Gasteiger partial charge in [-0.1, -0.05) is 23.5 Å². The summed E-state index contributed by atoms with van der Waals surface area (Å²) < 4.78 is 1.14. The summed E-state index contributed by atoms with van der Waals surface area (Å²) in [7, 11) is 0. The van der Waals surface area contributed by atoms with Gasteiger partial charge in [-0.2, -0.15) is 0 Å². The van der Waals surface area contributed by atoms with Crippen LogP contribution in [0.25, 0.3) is 10.2 Å². The molecule has 21 heavy (non-hydrogen) atoms. The average Bonchev–Trinajstić information content (AvgIpc) is 2.90. The molecule has 3 aromatic rings. The van der Waals surface area contributed by atoms with Gasteiger partial charge in [0, 0.05) is 31.6 Å². The van der Waals surface area contributed by atoms with Gasteiger partial charge in [-0.05, 0) is 24.4 Å². The molecule has 0 saturated heterocycles. The smallest absolute Gasteiger partial charge is 0.190 e. The van der Waals surface area contributed by atoms with E-state index in [2.05, 4.69) is 25.6 Å². The van der Waals surface area contributed by atoms with E-state index in [4.69, 9.17) is 12.2 Å². The quantitative estimate of drug-likeness (QED) is 0.722. The molecular weight excluding hydrogens is 302 g/mol. The van der Waals surface area contributed by atoms with Crippen molar-refractivity contribution in [1.82, 2.24) is 20.3 Å². The molecule has 7 heteroatoms. The molecule has 0 fully saturated rings. The highest BCUT2D eigenvalue weighted by atomic mass is 32.1. The lowest BCUT2D eigenvalue weighted by Crippen LogP contribution is -2.30. The number of fused-ring (bicyclic) bond motifs is 1. The molecule has 0 aliphatic rings. The van der Waals surface area contributed by atoms with Crippen molar-refractivity contribution in [3.8, 4) is 0 Å². The van der Waals surface area contributed by atoms with Gasteiger partial charge < -0.3 is 10.6 Å². The van der Waals surface area contributed by atoms with Crippen LogP contribution in [0.3, 0.4) is 0 Å². The first-order chi connectivity index (χ1) is 10.3. The van der Waals surface area contributed by atoms with E-state index in [-0.39, 0.29) is 0 Å². The Morgan fingerprint density at radius 3 is 2.95 bits per heavy atom. The van der Waals surface area contributed by atoms with E-state index in [0.717, 1.165) is 27.5 Å². The molecule has 2 heterocycles. The molecule has 0 aliphatic heterocycles. The highest BCUT2D eigenvalue weighted by molar-refractivity contribution is 7.80. The van der Waals surface area contributed by atoms with Crippen LogP contribution in [0, 0.1) is 0 Å². The van der Waals surface area contributed by atoms with Crippen LogP contribution in [0.4, 0.5) is 5.13 Å². The lowest BCUT2D eigenvalue weighted by Gasteiger charge is -2.07. The molecule has 0 amide bonds. The van der Waals surface area contributed by atoms with E-state index in [1.807, 2.05) is 24.3 Å². The normalized spacial score (nSPS) is 10.5. The van der Waals surface area contributed by atoms with Crippen molar-refractivity contribution in [1.29, 1.82) is 0 Å². The summed E-state index contributed by atoms with van der Waals surface area (Å²) in [6.45, 7) is 0.704. The van der Waals surface area contributed by atoms with Gasteiger partial charge in [-0.3, -0.25) is 9.97 Å². The van der Waals surface area contributed by atoms with Crippen LogP contribution in [-0.4, -0.2) is 26.6 Å². The lowest BCUT2D eigenvalue weighted by atomic mass is 10.3. The fraction of sp³-hybridized carbons (Fsp3) is 0.143. The number of thiocarbonyl (C=S) groups is 1. The minimum absolute atomic E-state index is 0.568. The maximum absolute atomic E-state index is 5.26. The maximum atomic E-state index is 5.26. The van der Waals surface area contributed by atoms with Crippen LogP contribution in [0.2, 0.25) is 0 Å². The Hall–Kier alpha value is -2.12. The number of nitrogens with one attached hydrogen (secondary N) is 2. The second kappa shape index (κ2) is 6.55. The summed E-state index contributed by atoms with van der Waals surface area (Å²) in [5.74, 6) is 0. The number of anilines is 1. The third kappa shape index (κ3) is 3.71. The van der Waals surface area contributed by atoms with E-state index in [1.165, 1.54) is 0 Å². The van der Waals surface area contributed by atoms with Crippen LogP contribution < -0.4 is 10.6 Å². The van der Waals surface area contributed by atoms with Crippen LogP contribution in [0.15, 0.2) is 42.9 Å². The van der Waals surface area contributed by atoms with E-state index >= 15 is 0 Å². The van der Waals surface area contributed by atoms with Crippen LogP contribution in [0.1, 0.15) is 5.69 Å². The molecule has 0 spiro atoms. The summed E-state index contributed by atoms with van der Waals surface area (Å²) in [4.78, 5) is 12.7. The number of hydrogen-bond donors (Lipinski definition) is 2. The Balaban J connectivity index is 1.52. The summed E-state index contributed by atoms with van der Waals surface area (Å²) >= 11 is 6.85. The third-order valence-electron chi connectivity index (χ3n) is 2.80. The van der Waals surface area contributed by atoms with Gasteiger partial charge in [-0.25, -0.2) is 4.98 Å². The Kier molecular flexibility index (Phi) is 4.32. The third-order valence-corrected chi connectivity index (χ3v) is 4.00. The van der Waals surface area contributed by atoms with Crippen molar-refractivity contribution in [3.05, 3.63) is 48.5 Å². The molecule has 1 aromatic carbocycles. The maximum Gasteiger partial charge on any atom is 0.190 e. The molecule has 106 valence electrons. The predicted molar refractivity (Wildman–Crippen MR) is 89.6 cm³/mol. The average molecular weight is 315 g/mol. The number of nitrogens with zero attached hydrogens (tertiary/aromatic N) is 3. The Bertz CT molecular complexity index is 708. The van der Waals surface area contributed by atoms with Gasteiger partial charge in [0.2, 0.25) is 0 Å². The molecule has 0 bridgehead atoms. The van der Waals surface area contributed by atoms with Gasteiger partial charge in [0.25, 0.3) is 0 Å². The summed E-state index contributed by atoms with van der Waals surface area (Å²) in [6.07, 6.45) is 5.88. The topological polar surface area (TPSA) is 62.7 Å². The molecule has 3 rings (SSSR count). The van der Waals surface area contributed by atoms with Crippen molar-refractivity contribution < 1.29 is 0 Å². The number of benzene rings is 1. The molecule has 2 N–H and O–H groups in total. The molecule has 0 radical (unpaired) electrons. The van der Waals surface area contributed by atoms with Gasteiger partial charge >= 0.3 is 0 Å². The van der Waals surface area contributed by atoms with E-state index in [0.29, 0.717) is 11.7 Å². The molecule has 0 atom stereocenters. The summed E-state index contributed by atoms with van der Waals surface area (Å²) in [6, 6.07) is 8.01. The molecule has 5 nitrogen and oxygen atoms in total. The van der Waals surface area contributed by atoms with Crippen LogP contribution in [0.5, 0.6) is 0 Å². The number of hydrogen-bond acceptors (Lipinski definition) is 5. The van der Waals surface area contributed by atoms with Crippen molar-refractivity contribution in [2.75, 3.05) is 11.9 Å². The highest BCUT2D eigenvalue weighted by Crippen LogP contribution is 2.25. The molecular formula is C14H13N5S2. The minimum Gasteiger partial charge on any atom is -0.362 e. The molecule has 2 aromatic heterocycles. The van der Waals surface area contributed by atoms with E-state index in [9.17, 15) is 0 Å². The zero-order valence-corrected chi connectivity index (χ0v) is 12.7. The predicted octanol–water partition coefficient (Wildman–Crippen LogP) is 2.62. The van der Waals surface area contributed by atoms with Crippen LogP contribution in [-0.2, 0) is 6.42 Å². The van der Waals surface area contributed by atoms with Gasteiger partial charge in [0.15, 0.2) is 10.2 Å². The Labute approximate surface area is 131 Å². The first-order valence-corrected chi connectivity index (χ1v) is 7.69. The van der Waals surface area contributed by atoms with Crippen molar-refractivity contribution >= 4 is 44.0 Å². The zero-order valence-electron chi connectivity index (χ0n) is 11.1.